The molecule has 0 amide bonds. The number of hydrogen-bond acceptors (Lipinski definition) is 2. The van der Waals surface area contributed by atoms with Crippen LogP contribution in [-0.2, 0) is 11.2 Å². The number of benzene rings is 1. The van der Waals surface area contributed by atoms with Gasteiger partial charge in [0, 0.05) is 16.1 Å². The highest BCUT2D eigenvalue weighted by Gasteiger charge is 2.04. The van der Waals surface area contributed by atoms with E-state index < -0.39 is 5.97 Å². The van der Waals surface area contributed by atoms with Gasteiger partial charge in [0.2, 0.25) is 0 Å². The van der Waals surface area contributed by atoms with E-state index in [1.807, 2.05) is 24.3 Å². The van der Waals surface area contributed by atoms with Gasteiger partial charge in [-0.25, -0.2) is 0 Å². The molecule has 0 fully saturated rings. The number of aromatic nitrogens is 1. The summed E-state index contributed by atoms with van der Waals surface area (Å²) in [6, 6.07) is 7.57. The van der Waals surface area contributed by atoms with E-state index in [1.165, 1.54) is 0 Å². The van der Waals surface area contributed by atoms with Crippen LogP contribution in [0, 0.1) is 0 Å². The van der Waals surface area contributed by atoms with Gasteiger partial charge in [0.25, 0.3) is 0 Å². The Hall–Kier alpha value is -1.42. The van der Waals surface area contributed by atoms with Crippen LogP contribution in [0.25, 0.3) is 10.9 Å². The maximum Gasteiger partial charge on any atom is 0.307 e. The average molecular weight is 266 g/mol. The van der Waals surface area contributed by atoms with Crippen molar-refractivity contribution in [3.05, 3.63) is 40.5 Å². The van der Waals surface area contributed by atoms with E-state index in [2.05, 4.69) is 20.9 Å². The first-order valence-electron chi connectivity index (χ1n) is 4.42. The standard InChI is InChI=1S/C11H8BrNO2/c12-9-3-1-2-8-4-7(5-10(14)15)6-13-11(8)9/h1-4,6H,5H2,(H,14,15). The summed E-state index contributed by atoms with van der Waals surface area (Å²) < 4.78 is 0.918. The van der Waals surface area contributed by atoms with Gasteiger partial charge in [-0.1, -0.05) is 12.1 Å². The van der Waals surface area contributed by atoms with Gasteiger partial charge in [-0.2, -0.15) is 0 Å². The van der Waals surface area contributed by atoms with Crippen molar-refractivity contribution in [3.8, 4) is 0 Å². The minimum atomic E-state index is -0.842. The molecule has 76 valence electrons. The maximum atomic E-state index is 10.5. The number of carboxylic acids is 1. The Morgan fingerprint density at radius 1 is 1.47 bits per heavy atom. The highest BCUT2D eigenvalue weighted by molar-refractivity contribution is 9.10. The Labute approximate surface area is 94.9 Å². The Morgan fingerprint density at radius 3 is 3.00 bits per heavy atom. The fourth-order valence-corrected chi connectivity index (χ4v) is 1.92. The van der Waals surface area contributed by atoms with E-state index in [0.717, 1.165) is 15.4 Å². The van der Waals surface area contributed by atoms with Crippen LogP contribution in [0.1, 0.15) is 5.56 Å². The molecule has 0 spiro atoms. The molecule has 1 N–H and O–H groups in total. The molecular weight excluding hydrogens is 258 g/mol. The third-order valence-electron chi connectivity index (χ3n) is 2.07. The minimum absolute atomic E-state index is 0.00938. The fourth-order valence-electron chi connectivity index (χ4n) is 1.44. The predicted molar refractivity (Wildman–Crippen MR) is 60.8 cm³/mol. The molecule has 0 saturated heterocycles. The van der Waals surface area contributed by atoms with E-state index in [4.69, 9.17) is 5.11 Å². The number of carbonyl (C=O) groups is 1. The number of carboxylic acid groups (broad SMARTS) is 1. The molecule has 0 unspecified atom stereocenters. The molecule has 0 saturated carbocycles. The second-order valence-corrected chi connectivity index (χ2v) is 4.08. The summed E-state index contributed by atoms with van der Waals surface area (Å²) in [5.41, 5.74) is 1.57. The van der Waals surface area contributed by atoms with Gasteiger partial charge in [-0.3, -0.25) is 9.78 Å². The first-order chi connectivity index (χ1) is 7.16. The number of para-hydroxylation sites is 1. The first-order valence-corrected chi connectivity index (χ1v) is 5.21. The highest BCUT2D eigenvalue weighted by atomic mass is 79.9. The Morgan fingerprint density at radius 2 is 2.27 bits per heavy atom. The summed E-state index contributed by atoms with van der Waals surface area (Å²) in [6.45, 7) is 0. The molecule has 1 aromatic heterocycles. The number of halogens is 1. The lowest BCUT2D eigenvalue weighted by Crippen LogP contribution is -2.00. The second-order valence-electron chi connectivity index (χ2n) is 3.23. The monoisotopic (exact) mass is 265 g/mol. The molecule has 1 aromatic carbocycles. The molecule has 0 aliphatic rings. The Bertz CT molecular complexity index is 525. The fraction of sp³-hybridized carbons (Fsp3) is 0.0909. The van der Waals surface area contributed by atoms with Crippen molar-refractivity contribution in [2.45, 2.75) is 6.42 Å². The highest BCUT2D eigenvalue weighted by Crippen LogP contribution is 2.22. The summed E-state index contributed by atoms with van der Waals surface area (Å²) in [4.78, 5) is 14.8. The zero-order valence-electron chi connectivity index (χ0n) is 7.77. The Balaban J connectivity index is 2.52. The largest absolute Gasteiger partial charge is 0.481 e. The molecule has 0 aliphatic heterocycles. The van der Waals surface area contributed by atoms with Crippen LogP contribution in [0.2, 0.25) is 0 Å². The molecule has 0 aliphatic carbocycles. The number of fused-ring (bicyclic) bond motifs is 1. The zero-order chi connectivity index (χ0) is 10.8. The van der Waals surface area contributed by atoms with Crippen LogP contribution in [0.4, 0.5) is 0 Å². The van der Waals surface area contributed by atoms with E-state index in [9.17, 15) is 4.79 Å². The van der Waals surface area contributed by atoms with Crippen molar-refractivity contribution in [2.75, 3.05) is 0 Å². The van der Waals surface area contributed by atoms with Gasteiger partial charge in [-0.15, -0.1) is 0 Å². The molecular formula is C11H8BrNO2. The molecule has 2 aromatic rings. The van der Waals surface area contributed by atoms with E-state index in [1.54, 1.807) is 6.20 Å². The number of nitrogens with zero attached hydrogens (tertiary/aromatic N) is 1. The normalized spacial score (nSPS) is 10.5. The molecule has 3 nitrogen and oxygen atoms in total. The summed E-state index contributed by atoms with van der Waals surface area (Å²) in [5, 5.41) is 9.60. The molecule has 0 bridgehead atoms. The SMILES string of the molecule is O=C(O)Cc1cnc2c(Br)cccc2c1. The number of pyridine rings is 1. The van der Waals surface area contributed by atoms with Gasteiger partial charge in [0.05, 0.1) is 11.9 Å². The third kappa shape index (κ3) is 2.15. The van der Waals surface area contributed by atoms with Crippen molar-refractivity contribution in [3.63, 3.8) is 0 Å². The van der Waals surface area contributed by atoms with Crippen molar-refractivity contribution in [2.24, 2.45) is 0 Å². The summed E-state index contributed by atoms with van der Waals surface area (Å²) in [7, 11) is 0. The van der Waals surface area contributed by atoms with Crippen molar-refractivity contribution in [1.82, 2.24) is 4.98 Å². The molecule has 2 rings (SSSR count). The van der Waals surface area contributed by atoms with E-state index in [0.29, 0.717) is 5.56 Å². The van der Waals surface area contributed by atoms with Crippen LogP contribution in [-0.4, -0.2) is 16.1 Å². The van der Waals surface area contributed by atoms with E-state index in [-0.39, 0.29) is 6.42 Å². The van der Waals surface area contributed by atoms with Crippen molar-refractivity contribution < 1.29 is 9.90 Å². The zero-order valence-corrected chi connectivity index (χ0v) is 9.36. The Kier molecular flexibility index (Phi) is 2.68. The van der Waals surface area contributed by atoms with Gasteiger partial charge in [0.15, 0.2) is 0 Å². The summed E-state index contributed by atoms with van der Waals surface area (Å²) in [5.74, 6) is -0.842. The van der Waals surface area contributed by atoms with Crippen LogP contribution in [0.5, 0.6) is 0 Å². The van der Waals surface area contributed by atoms with Crippen LogP contribution < -0.4 is 0 Å². The molecule has 4 heteroatoms. The topological polar surface area (TPSA) is 50.2 Å². The first kappa shape index (κ1) is 10.1. The minimum Gasteiger partial charge on any atom is -0.481 e. The molecule has 1 heterocycles. The van der Waals surface area contributed by atoms with Gasteiger partial charge in [0.1, 0.15) is 0 Å². The maximum absolute atomic E-state index is 10.5. The smallest absolute Gasteiger partial charge is 0.307 e. The second kappa shape index (κ2) is 3.98. The van der Waals surface area contributed by atoms with Gasteiger partial charge >= 0.3 is 5.97 Å². The molecule has 0 radical (unpaired) electrons. The van der Waals surface area contributed by atoms with Crippen molar-refractivity contribution in [1.29, 1.82) is 0 Å². The number of hydrogen-bond donors (Lipinski definition) is 1. The summed E-state index contributed by atoms with van der Waals surface area (Å²) >= 11 is 3.39. The lowest BCUT2D eigenvalue weighted by Gasteiger charge is -2.01. The predicted octanol–water partition coefficient (Wildman–Crippen LogP) is 2.62. The quantitative estimate of drug-likeness (QED) is 0.908. The number of rotatable bonds is 2. The molecule has 15 heavy (non-hydrogen) atoms. The number of aliphatic carboxylic acids is 1. The van der Waals surface area contributed by atoms with Crippen LogP contribution >= 0.6 is 15.9 Å². The van der Waals surface area contributed by atoms with Crippen LogP contribution in [0.3, 0.4) is 0 Å². The van der Waals surface area contributed by atoms with Gasteiger partial charge < -0.3 is 5.11 Å². The third-order valence-corrected chi connectivity index (χ3v) is 2.71. The van der Waals surface area contributed by atoms with Gasteiger partial charge in [-0.05, 0) is 33.6 Å². The van der Waals surface area contributed by atoms with Crippen molar-refractivity contribution >= 4 is 32.8 Å². The molecule has 0 atom stereocenters. The van der Waals surface area contributed by atoms with E-state index >= 15 is 0 Å². The lowest BCUT2D eigenvalue weighted by molar-refractivity contribution is -0.136. The average Bonchev–Trinajstić information content (AvgIpc) is 2.17. The summed E-state index contributed by atoms with van der Waals surface area (Å²) in [6.07, 6.45) is 1.61. The lowest BCUT2D eigenvalue weighted by atomic mass is 10.1. The van der Waals surface area contributed by atoms with Crippen LogP contribution in [0.15, 0.2) is 34.9 Å².